The number of nitro benzene ring substituents is 1. The van der Waals surface area contributed by atoms with Crippen LogP contribution < -0.4 is 4.90 Å². The highest BCUT2D eigenvalue weighted by atomic mass is 32.2. The molecule has 9 heteroatoms. The number of nitrogens with zero attached hydrogens (tertiary/aromatic N) is 4. The van der Waals surface area contributed by atoms with Gasteiger partial charge in [0.15, 0.2) is 0 Å². The Morgan fingerprint density at radius 3 is 2.40 bits per heavy atom. The molecule has 3 aromatic rings. The summed E-state index contributed by atoms with van der Waals surface area (Å²) in [6, 6.07) is 10.3. The summed E-state index contributed by atoms with van der Waals surface area (Å²) in [6.45, 7) is 5.44. The number of aryl methyl sites for hydroxylation is 2. The van der Waals surface area contributed by atoms with E-state index < -0.39 is 14.9 Å². The number of fused-ring (bicyclic) bond motifs is 1. The average molecular weight is 426 g/mol. The Hall–Kier alpha value is -3.04. The fraction of sp³-hybridized carbons (Fsp3) is 0.286. The summed E-state index contributed by atoms with van der Waals surface area (Å²) in [5.74, 6) is 0. The molecule has 2 heterocycles. The maximum atomic E-state index is 13.1. The summed E-state index contributed by atoms with van der Waals surface area (Å²) < 4.78 is 27.7. The number of nitro groups is 1. The lowest BCUT2D eigenvalue weighted by molar-refractivity contribution is -0.383. The first-order chi connectivity index (χ1) is 14.3. The van der Waals surface area contributed by atoms with E-state index in [1.54, 1.807) is 24.4 Å². The minimum atomic E-state index is -3.57. The SMILES string of the molecule is Cc1ccc(S(=O)(=O)N2CCN(c3ccc([N+](=O)[O-])c4cnccc34)CC2)c(C)c1. The van der Waals surface area contributed by atoms with Crippen LogP contribution in [-0.4, -0.2) is 48.8 Å². The van der Waals surface area contributed by atoms with Crippen molar-refractivity contribution in [3.8, 4) is 0 Å². The zero-order valence-electron chi connectivity index (χ0n) is 16.8. The number of benzene rings is 2. The molecule has 30 heavy (non-hydrogen) atoms. The fourth-order valence-corrected chi connectivity index (χ4v) is 5.62. The zero-order chi connectivity index (χ0) is 21.5. The first-order valence-corrected chi connectivity index (χ1v) is 11.1. The van der Waals surface area contributed by atoms with Crippen molar-refractivity contribution in [2.24, 2.45) is 0 Å². The van der Waals surface area contributed by atoms with Crippen molar-refractivity contribution in [3.63, 3.8) is 0 Å². The van der Waals surface area contributed by atoms with Crippen LogP contribution in [0, 0.1) is 24.0 Å². The van der Waals surface area contributed by atoms with Gasteiger partial charge in [-0.2, -0.15) is 4.31 Å². The van der Waals surface area contributed by atoms with Crippen LogP contribution in [0.15, 0.2) is 53.7 Å². The van der Waals surface area contributed by atoms with Crippen LogP contribution in [0.3, 0.4) is 0 Å². The van der Waals surface area contributed by atoms with Gasteiger partial charge >= 0.3 is 0 Å². The minimum absolute atomic E-state index is 0.0120. The van der Waals surface area contributed by atoms with Gasteiger partial charge in [-0.25, -0.2) is 8.42 Å². The van der Waals surface area contributed by atoms with E-state index in [9.17, 15) is 18.5 Å². The van der Waals surface area contributed by atoms with Crippen LogP contribution in [0.1, 0.15) is 11.1 Å². The Morgan fingerprint density at radius 2 is 1.73 bits per heavy atom. The highest BCUT2D eigenvalue weighted by molar-refractivity contribution is 7.89. The molecule has 1 aliphatic rings. The van der Waals surface area contributed by atoms with Crippen molar-refractivity contribution in [2.75, 3.05) is 31.1 Å². The summed E-state index contributed by atoms with van der Waals surface area (Å²) in [4.78, 5) is 17.4. The van der Waals surface area contributed by atoms with E-state index in [-0.39, 0.29) is 5.69 Å². The number of hydrogen-bond donors (Lipinski definition) is 0. The maximum absolute atomic E-state index is 13.1. The van der Waals surface area contributed by atoms with Crippen molar-refractivity contribution in [1.29, 1.82) is 0 Å². The third kappa shape index (κ3) is 3.50. The topological polar surface area (TPSA) is 96.7 Å². The molecule has 0 aliphatic carbocycles. The lowest BCUT2D eigenvalue weighted by Gasteiger charge is -2.36. The summed E-state index contributed by atoms with van der Waals surface area (Å²) >= 11 is 0. The highest BCUT2D eigenvalue weighted by Gasteiger charge is 2.30. The number of hydrogen-bond acceptors (Lipinski definition) is 6. The number of aromatic nitrogens is 1. The van der Waals surface area contributed by atoms with Crippen molar-refractivity contribution >= 4 is 32.2 Å². The third-order valence-corrected chi connectivity index (χ3v) is 7.56. The van der Waals surface area contributed by atoms with Crippen LogP contribution >= 0.6 is 0 Å². The molecule has 0 saturated carbocycles. The Morgan fingerprint density at radius 1 is 1.00 bits per heavy atom. The standard InChI is InChI=1S/C21H22N4O4S/c1-15-3-6-21(16(2)13-15)30(28,29)24-11-9-23(10-12-24)19-4-5-20(25(26)27)18-14-22-8-7-17(18)19/h3-8,13-14H,9-12H2,1-2H3. The van der Waals surface area contributed by atoms with E-state index in [0.717, 1.165) is 22.2 Å². The highest BCUT2D eigenvalue weighted by Crippen LogP contribution is 2.34. The van der Waals surface area contributed by atoms with E-state index in [1.807, 2.05) is 26.0 Å². The maximum Gasteiger partial charge on any atom is 0.278 e. The van der Waals surface area contributed by atoms with Gasteiger partial charge in [0.05, 0.1) is 15.2 Å². The van der Waals surface area contributed by atoms with E-state index >= 15 is 0 Å². The quantitative estimate of drug-likeness (QED) is 0.469. The van der Waals surface area contributed by atoms with Crippen LogP contribution in [0.2, 0.25) is 0 Å². The van der Waals surface area contributed by atoms with Gasteiger partial charge in [0.25, 0.3) is 5.69 Å². The van der Waals surface area contributed by atoms with Crippen LogP contribution in [-0.2, 0) is 10.0 Å². The van der Waals surface area contributed by atoms with E-state index in [4.69, 9.17) is 0 Å². The summed E-state index contributed by atoms with van der Waals surface area (Å²) in [5, 5.41) is 12.5. The molecule has 0 radical (unpaired) electrons. The number of pyridine rings is 1. The smallest absolute Gasteiger partial charge is 0.278 e. The molecule has 1 fully saturated rings. The van der Waals surface area contributed by atoms with Crippen LogP contribution in [0.4, 0.5) is 11.4 Å². The molecule has 0 spiro atoms. The molecule has 0 atom stereocenters. The molecule has 4 rings (SSSR count). The summed E-state index contributed by atoms with van der Waals surface area (Å²) in [7, 11) is -3.57. The van der Waals surface area contributed by atoms with E-state index in [2.05, 4.69) is 9.88 Å². The van der Waals surface area contributed by atoms with Crippen LogP contribution in [0.5, 0.6) is 0 Å². The molecule has 0 bridgehead atoms. The molecule has 2 aromatic carbocycles. The van der Waals surface area contributed by atoms with Crippen LogP contribution in [0.25, 0.3) is 10.8 Å². The van der Waals surface area contributed by atoms with Gasteiger partial charge in [-0.05, 0) is 37.6 Å². The predicted octanol–water partition coefficient (Wildman–Crippen LogP) is 3.27. The Balaban J connectivity index is 1.60. The molecule has 1 saturated heterocycles. The molecule has 156 valence electrons. The van der Waals surface area contributed by atoms with E-state index in [1.165, 1.54) is 16.6 Å². The van der Waals surface area contributed by atoms with Gasteiger partial charge in [0.2, 0.25) is 10.0 Å². The second kappa shape index (κ2) is 7.66. The van der Waals surface area contributed by atoms with Crippen molar-refractivity contribution in [1.82, 2.24) is 9.29 Å². The zero-order valence-corrected chi connectivity index (χ0v) is 17.6. The minimum Gasteiger partial charge on any atom is -0.368 e. The predicted molar refractivity (Wildman–Crippen MR) is 115 cm³/mol. The Bertz CT molecular complexity index is 1230. The van der Waals surface area contributed by atoms with Gasteiger partial charge in [0.1, 0.15) is 0 Å². The molecule has 0 amide bonds. The molecule has 1 aromatic heterocycles. The first-order valence-electron chi connectivity index (χ1n) is 9.62. The van der Waals surface area contributed by atoms with Gasteiger partial charge in [-0.1, -0.05) is 17.7 Å². The summed E-state index contributed by atoms with van der Waals surface area (Å²) in [5.41, 5.74) is 2.63. The van der Waals surface area contributed by atoms with Crippen molar-refractivity contribution in [2.45, 2.75) is 18.7 Å². The fourth-order valence-electron chi connectivity index (χ4n) is 3.99. The second-order valence-corrected chi connectivity index (χ2v) is 9.35. The number of sulfonamides is 1. The molecule has 0 unspecified atom stereocenters. The van der Waals surface area contributed by atoms with Gasteiger partial charge in [0, 0.05) is 55.7 Å². The normalized spacial score (nSPS) is 15.5. The lowest BCUT2D eigenvalue weighted by Crippen LogP contribution is -2.48. The number of anilines is 1. The van der Waals surface area contributed by atoms with Gasteiger partial charge in [-0.15, -0.1) is 0 Å². The largest absolute Gasteiger partial charge is 0.368 e. The first kappa shape index (κ1) is 20.2. The van der Waals surface area contributed by atoms with Gasteiger partial charge < -0.3 is 4.90 Å². The Kier molecular flexibility index (Phi) is 5.17. The molecular weight excluding hydrogens is 404 g/mol. The third-order valence-electron chi connectivity index (χ3n) is 5.50. The molecule has 0 N–H and O–H groups in total. The molecule has 1 aliphatic heterocycles. The number of rotatable bonds is 4. The second-order valence-electron chi connectivity index (χ2n) is 7.44. The molecule has 8 nitrogen and oxygen atoms in total. The average Bonchev–Trinajstić information content (AvgIpc) is 2.72. The lowest BCUT2D eigenvalue weighted by atomic mass is 10.1. The summed E-state index contributed by atoms with van der Waals surface area (Å²) in [6.07, 6.45) is 3.11. The number of non-ortho nitro benzene ring substituents is 1. The number of piperazine rings is 1. The van der Waals surface area contributed by atoms with E-state index in [0.29, 0.717) is 36.5 Å². The Labute approximate surface area is 175 Å². The van der Waals surface area contributed by atoms with Crippen molar-refractivity contribution < 1.29 is 13.3 Å². The monoisotopic (exact) mass is 426 g/mol. The van der Waals surface area contributed by atoms with Gasteiger partial charge in [-0.3, -0.25) is 15.1 Å². The van der Waals surface area contributed by atoms with Crippen molar-refractivity contribution in [3.05, 3.63) is 70.0 Å². The molecular formula is C21H22N4O4S.